The van der Waals surface area contributed by atoms with E-state index in [9.17, 15) is 19.2 Å². The first-order valence-electron chi connectivity index (χ1n) is 11.9. The van der Waals surface area contributed by atoms with E-state index in [0.717, 1.165) is 6.42 Å². The van der Waals surface area contributed by atoms with Crippen molar-refractivity contribution in [3.8, 4) is 0 Å². The van der Waals surface area contributed by atoms with Crippen molar-refractivity contribution in [3.63, 3.8) is 0 Å². The number of nitrogens with one attached hydrogen (secondary N) is 1. The summed E-state index contributed by atoms with van der Waals surface area (Å²) in [7, 11) is 0. The van der Waals surface area contributed by atoms with E-state index >= 15 is 0 Å². The Morgan fingerprint density at radius 2 is 1.49 bits per heavy atom. The summed E-state index contributed by atoms with van der Waals surface area (Å²) in [4.78, 5) is 53.6. The van der Waals surface area contributed by atoms with E-state index in [1.807, 2.05) is 30.3 Å². The summed E-state index contributed by atoms with van der Waals surface area (Å²) < 4.78 is 1.19. The second-order valence-corrected chi connectivity index (χ2v) is 8.71. The van der Waals surface area contributed by atoms with Gasteiger partial charge in [-0.05, 0) is 30.9 Å². The molecule has 3 aromatic rings. The van der Waals surface area contributed by atoms with Gasteiger partial charge in [0.25, 0.3) is 11.5 Å². The Hall–Kier alpha value is -4.00. The van der Waals surface area contributed by atoms with E-state index in [1.165, 1.54) is 22.4 Å². The van der Waals surface area contributed by atoms with Crippen LogP contribution in [-0.2, 0) is 16.0 Å². The lowest BCUT2D eigenvalue weighted by Gasteiger charge is -2.33. The first-order chi connectivity index (χ1) is 17.0. The molecule has 35 heavy (non-hydrogen) atoms. The third kappa shape index (κ3) is 5.93. The number of hydrogen-bond acceptors (Lipinski definition) is 4. The minimum Gasteiger partial charge on any atom is -0.356 e. The van der Waals surface area contributed by atoms with Crippen LogP contribution in [0.15, 0.2) is 89.9 Å². The van der Waals surface area contributed by atoms with E-state index in [1.54, 1.807) is 47.4 Å². The van der Waals surface area contributed by atoms with Gasteiger partial charge in [0.1, 0.15) is 0 Å². The highest BCUT2D eigenvalue weighted by molar-refractivity contribution is 6.11. The number of Topliss-reactive ketones (excluding diaryl/α,β-unsaturated/α-hetero) is 1. The number of hydrogen-bond donors (Lipinski definition) is 1. The van der Waals surface area contributed by atoms with Gasteiger partial charge < -0.3 is 10.2 Å². The van der Waals surface area contributed by atoms with Gasteiger partial charge in [0.15, 0.2) is 11.8 Å². The van der Waals surface area contributed by atoms with Crippen molar-refractivity contribution in [1.82, 2.24) is 14.8 Å². The van der Waals surface area contributed by atoms with Crippen LogP contribution in [0.3, 0.4) is 0 Å². The van der Waals surface area contributed by atoms with Gasteiger partial charge in [-0.2, -0.15) is 0 Å². The summed E-state index contributed by atoms with van der Waals surface area (Å²) in [6.45, 7) is 1.28. The number of piperidine rings is 1. The number of amides is 2. The molecule has 1 aromatic heterocycles. The van der Waals surface area contributed by atoms with Crippen LogP contribution >= 0.6 is 0 Å². The SMILES string of the molecule is O=C(NCCc1ccccc1)C1CCN(C(=O)C(C(=O)c2ccccc2)n2ccccc2=O)CC1. The Balaban J connectivity index is 1.40. The molecule has 7 nitrogen and oxygen atoms in total. The van der Waals surface area contributed by atoms with E-state index in [4.69, 9.17) is 0 Å². The van der Waals surface area contributed by atoms with E-state index in [2.05, 4.69) is 5.32 Å². The molecule has 1 aliphatic rings. The summed E-state index contributed by atoms with van der Waals surface area (Å²) in [5, 5.41) is 3.00. The Labute approximate surface area is 204 Å². The molecule has 1 fully saturated rings. The molecule has 7 heteroatoms. The summed E-state index contributed by atoms with van der Waals surface area (Å²) in [5.41, 5.74) is 1.12. The zero-order chi connectivity index (χ0) is 24.6. The van der Waals surface area contributed by atoms with Gasteiger partial charge in [0.2, 0.25) is 5.91 Å². The van der Waals surface area contributed by atoms with Crippen molar-refractivity contribution in [2.75, 3.05) is 19.6 Å². The summed E-state index contributed by atoms with van der Waals surface area (Å²) in [6, 6.07) is 21.8. The van der Waals surface area contributed by atoms with Crippen LogP contribution in [0.2, 0.25) is 0 Å². The van der Waals surface area contributed by atoms with Gasteiger partial charge in [-0.3, -0.25) is 23.7 Å². The third-order valence-electron chi connectivity index (χ3n) is 6.40. The lowest BCUT2D eigenvalue weighted by molar-refractivity contribution is -0.137. The second kappa shape index (κ2) is 11.4. The zero-order valence-electron chi connectivity index (χ0n) is 19.5. The molecular weight excluding hydrogens is 442 g/mol. The van der Waals surface area contributed by atoms with Crippen LogP contribution in [0.4, 0.5) is 0 Å². The van der Waals surface area contributed by atoms with Crippen LogP contribution < -0.4 is 10.9 Å². The molecule has 1 aliphatic heterocycles. The quantitative estimate of drug-likeness (QED) is 0.404. The van der Waals surface area contributed by atoms with Crippen LogP contribution in [0.25, 0.3) is 0 Å². The van der Waals surface area contributed by atoms with Crippen molar-refractivity contribution in [3.05, 3.63) is 107 Å². The van der Waals surface area contributed by atoms with E-state index in [-0.39, 0.29) is 11.8 Å². The van der Waals surface area contributed by atoms with Gasteiger partial charge in [-0.1, -0.05) is 66.7 Å². The highest BCUT2D eigenvalue weighted by Crippen LogP contribution is 2.22. The minimum absolute atomic E-state index is 0.00998. The molecule has 2 amide bonds. The monoisotopic (exact) mass is 471 g/mol. The highest BCUT2D eigenvalue weighted by Gasteiger charge is 2.36. The number of rotatable bonds is 8. The predicted octanol–water partition coefficient (Wildman–Crippen LogP) is 2.87. The number of benzene rings is 2. The minimum atomic E-state index is -1.28. The van der Waals surface area contributed by atoms with Crippen LogP contribution in [0.5, 0.6) is 0 Å². The normalized spacial score (nSPS) is 14.8. The lowest BCUT2D eigenvalue weighted by Crippen LogP contribution is -2.48. The topological polar surface area (TPSA) is 88.5 Å². The molecule has 2 aromatic carbocycles. The maximum atomic E-state index is 13.5. The molecular formula is C28H29N3O4. The molecule has 1 atom stereocenters. The fourth-order valence-electron chi connectivity index (χ4n) is 4.42. The standard InChI is InChI=1S/C28H29N3O4/c32-24-13-7-8-18-31(24)25(26(33)22-11-5-2-6-12-22)28(35)30-19-15-23(16-20-30)27(34)29-17-14-21-9-3-1-4-10-21/h1-13,18,23,25H,14-17,19-20H2,(H,29,34). The Kier molecular flexibility index (Phi) is 7.88. The first kappa shape index (κ1) is 24.1. The average Bonchev–Trinajstić information content (AvgIpc) is 2.91. The molecule has 2 heterocycles. The number of aromatic nitrogens is 1. The number of carbonyl (C=O) groups excluding carboxylic acids is 3. The van der Waals surface area contributed by atoms with Crippen LogP contribution in [0, 0.1) is 5.92 Å². The number of pyridine rings is 1. The molecule has 0 aliphatic carbocycles. The van der Waals surface area contributed by atoms with Gasteiger partial charge in [-0.15, -0.1) is 0 Å². The fraction of sp³-hybridized carbons (Fsp3) is 0.286. The molecule has 0 saturated carbocycles. The maximum absolute atomic E-state index is 13.5. The fourth-order valence-corrected chi connectivity index (χ4v) is 4.42. The number of carbonyl (C=O) groups is 3. The van der Waals surface area contributed by atoms with E-state index in [0.29, 0.717) is 38.0 Å². The molecule has 1 unspecified atom stereocenters. The van der Waals surface area contributed by atoms with Gasteiger partial charge in [0, 0.05) is 43.4 Å². The summed E-state index contributed by atoms with van der Waals surface area (Å²) in [5.74, 6) is -1.04. The van der Waals surface area contributed by atoms with Crippen LogP contribution in [0.1, 0.15) is 34.8 Å². The highest BCUT2D eigenvalue weighted by atomic mass is 16.2. The van der Waals surface area contributed by atoms with Crippen molar-refractivity contribution in [2.24, 2.45) is 5.92 Å². The molecule has 0 spiro atoms. The smallest absolute Gasteiger partial charge is 0.253 e. The lowest BCUT2D eigenvalue weighted by atomic mass is 9.94. The Morgan fingerprint density at radius 1 is 0.857 bits per heavy atom. The molecule has 0 radical (unpaired) electrons. The predicted molar refractivity (Wildman–Crippen MR) is 133 cm³/mol. The first-order valence-corrected chi connectivity index (χ1v) is 11.9. The van der Waals surface area contributed by atoms with Gasteiger partial charge >= 0.3 is 0 Å². The van der Waals surface area contributed by atoms with Crippen molar-refractivity contribution in [2.45, 2.75) is 25.3 Å². The Bertz CT molecular complexity index is 1220. The van der Waals surface area contributed by atoms with E-state index < -0.39 is 23.3 Å². The largest absolute Gasteiger partial charge is 0.356 e. The van der Waals surface area contributed by atoms with Crippen molar-refractivity contribution < 1.29 is 14.4 Å². The number of ketones is 1. The van der Waals surface area contributed by atoms with Gasteiger partial charge in [-0.25, -0.2) is 0 Å². The molecule has 1 N–H and O–H groups in total. The Morgan fingerprint density at radius 3 is 2.14 bits per heavy atom. The molecule has 0 bridgehead atoms. The summed E-state index contributed by atoms with van der Waals surface area (Å²) in [6.07, 6.45) is 3.26. The number of likely N-dealkylation sites (tertiary alicyclic amines) is 1. The molecule has 1 saturated heterocycles. The zero-order valence-corrected chi connectivity index (χ0v) is 19.5. The second-order valence-electron chi connectivity index (χ2n) is 8.71. The summed E-state index contributed by atoms with van der Waals surface area (Å²) >= 11 is 0. The number of nitrogens with zero attached hydrogens (tertiary/aromatic N) is 2. The average molecular weight is 472 g/mol. The van der Waals surface area contributed by atoms with Crippen molar-refractivity contribution >= 4 is 17.6 Å². The van der Waals surface area contributed by atoms with Crippen molar-refractivity contribution in [1.29, 1.82) is 0 Å². The molecule has 4 rings (SSSR count). The maximum Gasteiger partial charge on any atom is 0.253 e. The molecule has 180 valence electrons. The third-order valence-corrected chi connectivity index (χ3v) is 6.40. The van der Waals surface area contributed by atoms with Crippen LogP contribution in [-0.4, -0.2) is 46.7 Å². The van der Waals surface area contributed by atoms with Gasteiger partial charge in [0.05, 0.1) is 0 Å².